The lowest BCUT2D eigenvalue weighted by Crippen LogP contribution is -2.52. The predicted molar refractivity (Wildman–Crippen MR) is 155 cm³/mol. The van der Waals surface area contributed by atoms with Gasteiger partial charge in [0.25, 0.3) is 17.7 Å². The van der Waals surface area contributed by atoms with Gasteiger partial charge in [0, 0.05) is 44.2 Å². The van der Waals surface area contributed by atoms with Gasteiger partial charge in [0.15, 0.2) is 0 Å². The Balaban J connectivity index is 2.13. The van der Waals surface area contributed by atoms with E-state index in [0.717, 1.165) is 23.9 Å². The van der Waals surface area contributed by atoms with Gasteiger partial charge in [0.1, 0.15) is 0 Å². The molecule has 0 unspecified atom stereocenters. The van der Waals surface area contributed by atoms with Gasteiger partial charge in [-0.25, -0.2) is 8.42 Å². The van der Waals surface area contributed by atoms with Crippen molar-refractivity contribution in [2.75, 3.05) is 33.5 Å². The highest BCUT2D eigenvalue weighted by molar-refractivity contribution is 8.00. The van der Waals surface area contributed by atoms with Crippen molar-refractivity contribution in [3.05, 3.63) is 76.8 Å². The minimum absolute atomic E-state index is 0.147. The van der Waals surface area contributed by atoms with Crippen LogP contribution in [-0.4, -0.2) is 81.0 Å². The number of aliphatic hydroxyl groups is 1. The van der Waals surface area contributed by atoms with E-state index in [0.29, 0.717) is 10.5 Å². The number of nitrogens with one attached hydrogen (secondary N) is 1. The van der Waals surface area contributed by atoms with E-state index < -0.39 is 32.5 Å². The van der Waals surface area contributed by atoms with Crippen molar-refractivity contribution in [2.45, 2.75) is 38.3 Å². The molecule has 0 aliphatic rings. The third-order valence-corrected chi connectivity index (χ3v) is 9.72. The maximum atomic E-state index is 13.8. The topological polar surface area (TPSA) is 124 Å². The highest BCUT2D eigenvalue weighted by Gasteiger charge is 2.56. The monoisotopic (exact) mass is 657 g/mol. The Bertz CT molecular complexity index is 1660. The lowest BCUT2D eigenvalue weighted by Gasteiger charge is -2.25. The molecule has 3 aromatic rings. The van der Waals surface area contributed by atoms with Crippen LogP contribution in [0.25, 0.3) is 0 Å². The molecule has 0 aromatic heterocycles. The van der Waals surface area contributed by atoms with Crippen molar-refractivity contribution < 1.29 is 41.1 Å². The molecule has 0 bridgehead atoms. The molecule has 9 nitrogen and oxygen atoms in total. The Labute approximate surface area is 255 Å². The zero-order valence-corrected chi connectivity index (χ0v) is 25.9. The maximum Gasteiger partial charge on any atom is 0.426 e. The molecule has 0 aliphatic heterocycles. The molecule has 0 fully saturated rings. The Morgan fingerprint density at radius 1 is 0.837 bits per heavy atom. The van der Waals surface area contributed by atoms with Crippen LogP contribution in [0.1, 0.15) is 27.6 Å². The van der Waals surface area contributed by atoms with Gasteiger partial charge in [0.05, 0.1) is 25.4 Å². The summed E-state index contributed by atoms with van der Waals surface area (Å²) in [5, 5.41) is 11.3. The number of rotatable bonds is 8. The van der Waals surface area contributed by atoms with E-state index in [1.165, 1.54) is 72.4 Å². The second-order valence-corrected chi connectivity index (χ2v) is 13.2. The van der Waals surface area contributed by atoms with E-state index >= 15 is 0 Å². The summed E-state index contributed by atoms with van der Waals surface area (Å²) in [6.07, 6.45) is -5.31. The number of hydrogen-bond acceptors (Lipinski definition) is 7. The van der Waals surface area contributed by atoms with Crippen LogP contribution in [0.15, 0.2) is 80.2 Å². The Morgan fingerprint density at radius 2 is 1.30 bits per heavy atom. The van der Waals surface area contributed by atoms with Crippen LogP contribution in [0.5, 0.6) is 0 Å². The first-order chi connectivity index (χ1) is 19.8. The molecular weight excluding hydrogens is 631 g/mol. The molecule has 0 heterocycles. The van der Waals surface area contributed by atoms with E-state index in [2.05, 4.69) is 0 Å². The van der Waals surface area contributed by atoms with E-state index in [9.17, 15) is 41.1 Å². The summed E-state index contributed by atoms with van der Waals surface area (Å²) in [4.78, 5) is 39.3. The van der Waals surface area contributed by atoms with Crippen LogP contribution in [0.4, 0.5) is 18.9 Å². The van der Waals surface area contributed by atoms with Crippen molar-refractivity contribution in [1.29, 1.82) is 0 Å². The summed E-state index contributed by atoms with van der Waals surface area (Å²) in [6, 6.07) is 13.2. The van der Waals surface area contributed by atoms with Crippen LogP contribution in [0, 0.1) is 0 Å². The first-order valence-electron chi connectivity index (χ1n) is 12.3. The van der Waals surface area contributed by atoms with Crippen LogP contribution in [-0.2, 0) is 14.6 Å². The van der Waals surface area contributed by atoms with Gasteiger partial charge in [-0.3, -0.25) is 14.4 Å². The Hall–Kier alpha value is -3.59. The average Bonchev–Trinajstić information content (AvgIpc) is 2.93. The number of amides is 3. The van der Waals surface area contributed by atoms with Gasteiger partial charge in [-0.1, -0.05) is 23.4 Å². The van der Waals surface area contributed by atoms with Crippen molar-refractivity contribution in [2.24, 2.45) is 0 Å². The summed E-state index contributed by atoms with van der Waals surface area (Å²) in [5.74, 6) is -2.47. The third kappa shape index (κ3) is 7.15. The molecular formula is C28H27ClF3N3O6S2. The largest absolute Gasteiger partial charge is 0.426 e. The standard InChI is InChI=1S/C28H27ClF3N3O6S2/c1-27(39,28(30,31)32)26(38)33-20-14-15-21(43(40,41)19-12-8-17(9-13-19)25(37)35(4)5)23(22(20)29)42-18-10-6-16(7-11-18)24(36)34(2)3/h6-15,39H,1-5H3,(H,33,38)/t27-/m1/s1. The first kappa shape index (κ1) is 33.9. The summed E-state index contributed by atoms with van der Waals surface area (Å²) in [7, 11) is 1.88. The molecule has 3 amide bonds. The van der Waals surface area contributed by atoms with Crippen LogP contribution < -0.4 is 5.32 Å². The van der Waals surface area contributed by atoms with E-state index in [4.69, 9.17) is 11.6 Å². The van der Waals surface area contributed by atoms with E-state index in [1.807, 2.05) is 5.32 Å². The van der Waals surface area contributed by atoms with Crippen LogP contribution in [0.2, 0.25) is 5.02 Å². The number of hydrogen-bond donors (Lipinski definition) is 2. The zero-order valence-electron chi connectivity index (χ0n) is 23.5. The molecule has 3 rings (SSSR count). The Kier molecular flexibility index (Phi) is 9.91. The van der Waals surface area contributed by atoms with E-state index in [1.54, 1.807) is 14.1 Å². The molecule has 15 heteroatoms. The number of benzene rings is 3. The van der Waals surface area contributed by atoms with Gasteiger partial charge < -0.3 is 20.2 Å². The SMILES string of the molecule is CN(C)C(=O)c1ccc(Sc2c(S(=O)(=O)c3ccc(C(=O)N(C)C)cc3)ccc(NC(=O)[C@@](C)(O)C(F)(F)F)c2Cl)cc1. The number of nitrogens with zero attached hydrogens (tertiary/aromatic N) is 2. The lowest BCUT2D eigenvalue weighted by molar-refractivity contribution is -0.242. The zero-order chi connectivity index (χ0) is 32.5. The molecule has 0 spiro atoms. The smallest absolute Gasteiger partial charge is 0.373 e. The van der Waals surface area contributed by atoms with Crippen LogP contribution >= 0.6 is 23.4 Å². The highest BCUT2D eigenvalue weighted by Crippen LogP contribution is 2.44. The van der Waals surface area contributed by atoms with Gasteiger partial charge in [0.2, 0.25) is 15.4 Å². The van der Waals surface area contributed by atoms with Gasteiger partial charge >= 0.3 is 6.18 Å². The quantitative estimate of drug-likeness (QED) is 0.350. The van der Waals surface area contributed by atoms with Crippen LogP contribution in [0.3, 0.4) is 0 Å². The fraction of sp³-hybridized carbons (Fsp3) is 0.250. The molecule has 0 saturated heterocycles. The van der Waals surface area contributed by atoms with Gasteiger partial charge in [-0.15, -0.1) is 0 Å². The maximum absolute atomic E-state index is 13.8. The number of sulfone groups is 1. The van der Waals surface area contributed by atoms with Crippen molar-refractivity contribution in [1.82, 2.24) is 9.80 Å². The predicted octanol–water partition coefficient (Wildman–Crippen LogP) is 4.98. The summed E-state index contributed by atoms with van der Waals surface area (Å²) >= 11 is 7.34. The molecule has 2 N–H and O–H groups in total. The number of carbonyl (C=O) groups excluding carboxylic acids is 3. The molecule has 0 saturated carbocycles. The number of carbonyl (C=O) groups is 3. The summed E-state index contributed by atoms with van der Waals surface area (Å²) in [6.45, 7) is 0.270. The molecule has 3 aromatic carbocycles. The lowest BCUT2D eigenvalue weighted by atomic mass is 10.1. The third-order valence-electron chi connectivity index (χ3n) is 6.14. The summed E-state index contributed by atoms with van der Waals surface area (Å²) < 4.78 is 67.3. The second-order valence-electron chi connectivity index (χ2n) is 9.83. The molecule has 0 radical (unpaired) electrons. The number of halogens is 4. The van der Waals surface area contributed by atoms with Gasteiger partial charge in [-0.2, -0.15) is 13.2 Å². The number of alkyl halides is 3. The molecule has 43 heavy (non-hydrogen) atoms. The summed E-state index contributed by atoms with van der Waals surface area (Å²) in [5.41, 5.74) is -3.58. The van der Waals surface area contributed by atoms with Crippen molar-refractivity contribution in [3.8, 4) is 0 Å². The average molecular weight is 658 g/mol. The van der Waals surface area contributed by atoms with Crippen molar-refractivity contribution in [3.63, 3.8) is 0 Å². The minimum atomic E-state index is -5.31. The normalized spacial score (nSPS) is 13.2. The first-order valence-corrected chi connectivity index (χ1v) is 15.0. The molecule has 0 aliphatic carbocycles. The molecule has 230 valence electrons. The fourth-order valence-electron chi connectivity index (χ4n) is 3.52. The highest BCUT2D eigenvalue weighted by atomic mass is 35.5. The number of anilines is 1. The van der Waals surface area contributed by atoms with Crippen molar-refractivity contribution >= 4 is 56.6 Å². The second kappa shape index (κ2) is 12.6. The Morgan fingerprint density at radius 3 is 1.74 bits per heavy atom. The van der Waals surface area contributed by atoms with Gasteiger partial charge in [-0.05, 0) is 67.6 Å². The van der Waals surface area contributed by atoms with E-state index in [-0.39, 0.29) is 44.7 Å². The fourth-order valence-corrected chi connectivity index (χ4v) is 6.57. The minimum Gasteiger partial charge on any atom is -0.373 e. The molecule has 1 atom stereocenters.